The quantitative estimate of drug-likeness (QED) is 0.930. The molecular weight excluding hydrogens is 270 g/mol. The van der Waals surface area contributed by atoms with E-state index in [0.717, 1.165) is 37.1 Å². The van der Waals surface area contributed by atoms with Crippen LogP contribution in [0.4, 0.5) is 5.69 Å². The van der Waals surface area contributed by atoms with E-state index < -0.39 is 0 Å². The van der Waals surface area contributed by atoms with Gasteiger partial charge in [0.1, 0.15) is 0 Å². The van der Waals surface area contributed by atoms with Gasteiger partial charge in [-0.25, -0.2) is 0 Å². The van der Waals surface area contributed by atoms with Crippen LogP contribution in [0.1, 0.15) is 19.3 Å². The summed E-state index contributed by atoms with van der Waals surface area (Å²) in [5.41, 5.74) is 7.25. The molecule has 110 valence electrons. The minimum Gasteiger partial charge on any atom is -0.369 e. The fraction of sp³-hybridized carbons (Fsp3) is 0.625. The van der Waals surface area contributed by atoms with Crippen LogP contribution in [0.5, 0.6) is 0 Å². The minimum atomic E-state index is 0.452. The second kappa shape index (κ2) is 6.33. The number of piperazine rings is 1. The fourth-order valence-corrected chi connectivity index (χ4v) is 3.69. The van der Waals surface area contributed by atoms with E-state index in [4.69, 9.17) is 17.3 Å². The average molecular weight is 294 g/mol. The predicted molar refractivity (Wildman–Crippen MR) is 85.4 cm³/mol. The van der Waals surface area contributed by atoms with E-state index in [2.05, 4.69) is 21.9 Å². The molecule has 0 bridgehead atoms. The van der Waals surface area contributed by atoms with Crippen LogP contribution in [0.2, 0.25) is 5.02 Å². The maximum absolute atomic E-state index is 6.07. The van der Waals surface area contributed by atoms with Crippen LogP contribution < -0.4 is 10.6 Å². The van der Waals surface area contributed by atoms with E-state index in [0.29, 0.717) is 6.04 Å². The number of rotatable bonds is 3. The lowest BCUT2D eigenvalue weighted by Crippen LogP contribution is -2.47. The summed E-state index contributed by atoms with van der Waals surface area (Å²) in [4.78, 5) is 5.03. The van der Waals surface area contributed by atoms with Crippen molar-refractivity contribution in [1.82, 2.24) is 4.90 Å². The number of hydrogen-bond acceptors (Lipinski definition) is 3. The van der Waals surface area contributed by atoms with E-state index >= 15 is 0 Å². The molecule has 3 rings (SSSR count). The molecule has 2 aliphatic rings. The summed E-state index contributed by atoms with van der Waals surface area (Å²) in [5, 5.41) is 0.824. The summed E-state index contributed by atoms with van der Waals surface area (Å²) < 4.78 is 0. The molecule has 0 radical (unpaired) electrons. The van der Waals surface area contributed by atoms with Crippen LogP contribution in [-0.2, 0) is 0 Å². The Bertz CT molecular complexity index is 443. The summed E-state index contributed by atoms with van der Waals surface area (Å²) in [6.45, 7) is 5.73. The zero-order valence-corrected chi connectivity index (χ0v) is 12.7. The van der Waals surface area contributed by atoms with Gasteiger partial charge in [0.15, 0.2) is 0 Å². The normalized spacial score (nSPS) is 28.0. The molecule has 2 unspecified atom stereocenters. The van der Waals surface area contributed by atoms with Crippen LogP contribution in [0.15, 0.2) is 24.3 Å². The van der Waals surface area contributed by atoms with Crippen molar-refractivity contribution < 1.29 is 0 Å². The molecule has 1 aliphatic heterocycles. The second-order valence-electron chi connectivity index (χ2n) is 6.21. The highest BCUT2D eigenvalue weighted by Crippen LogP contribution is 2.26. The van der Waals surface area contributed by atoms with Gasteiger partial charge in [-0.05, 0) is 43.4 Å². The van der Waals surface area contributed by atoms with Crippen LogP contribution >= 0.6 is 11.6 Å². The Morgan fingerprint density at radius 2 is 1.95 bits per heavy atom. The van der Waals surface area contributed by atoms with Crippen molar-refractivity contribution in [1.29, 1.82) is 0 Å². The molecule has 20 heavy (non-hydrogen) atoms. The van der Waals surface area contributed by atoms with Crippen molar-refractivity contribution >= 4 is 17.3 Å². The Balaban J connectivity index is 1.49. The first-order valence-electron chi connectivity index (χ1n) is 7.69. The number of halogens is 1. The smallest absolute Gasteiger partial charge is 0.0426 e. The van der Waals surface area contributed by atoms with E-state index in [1.54, 1.807) is 0 Å². The van der Waals surface area contributed by atoms with Gasteiger partial charge < -0.3 is 10.6 Å². The maximum atomic E-state index is 6.07. The largest absolute Gasteiger partial charge is 0.369 e. The molecule has 3 nitrogen and oxygen atoms in total. The van der Waals surface area contributed by atoms with Crippen LogP contribution in [0.25, 0.3) is 0 Å². The third-order valence-corrected chi connectivity index (χ3v) is 4.88. The van der Waals surface area contributed by atoms with Crippen molar-refractivity contribution in [3.05, 3.63) is 29.3 Å². The molecule has 4 heteroatoms. The Morgan fingerprint density at radius 1 is 1.15 bits per heavy atom. The molecule has 0 aromatic heterocycles. The molecule has 0 spiro atoms. The minimum absolute atomic E-state index is 0.452. The van der Waals surface area contributed by atoms with E-state index in [1.807, 2.05) is 12.1 Å². The van der Waals surface area contributed by atoms with Gasteiger partial charge in [-0.3, -0.25) is 4.90 Å². The molecule has 1 aromatic rings. The lowest BCUT2D eigenvalue weighted by molar-refractivity contribution is 0.219. The average Bonchev–Trinajstić information content (AvgIpc) is 2.85. The van der Waals surface area contributed by atoms with Gasteiger partial charge in [0.25, 0.3) is 0 Å². The van der Waals surface area contributed by atoms with Gasteiger partial charge in [-0.2, -0.15) is 0 Å². The zero-order valence-electron chi connectivity index (χ0n) is 12.0. The summed E-state index contributed by atoms with van der Waals surface area (Å²) in [6.07, 6.45) is 3.75. The lowest BCUT2D eigenvalue weighted by atomic mass is 10.1. The van der Waals surface area contributed by atoms with Crippen molar-refractivity contribution in [2.24, 2.45) is 11.7 Å². The highest BCUT2D eigenvalue weighted by atomic mass is 35.5. The molecule has 2 N–H and O–H groups in total. The molecule has 1 saturated heterocycles. The van der Waals surface area contributed by atoms with E-state index in [9.17, 15) is 0 Å². The van der Waals surface area contributed by atoms with E-state index in [1.165, 1.54) is 31.5 Å². The fourth-order valence-electron chi connectivity index (χ4n) is 3.51. The monoisotopic (exact) mass is 293 g/mol. The molecular formula is C16H24ClN3. The SMILES string of the molecule is NC1CCC(CN2CCN(c3cccc(Cl)c3)CC2)C1. The molecule has 1 aromatic carbocycles. The number of benzene rings is 1. The summed E-state index contributed by atoms with van der Waals surface area (Å²) >= 11 is 6.07. The van der Waals surface area contributed by atoms with Gasteiger partial charge >= 0.3 is 0 Å². The molecule has 2 atom stereocenters. The van der Waals surface area contributed by atoms with E-state index in [-0.39, 0.29) is 0 Å². The van der Waals surface area contributed by atoms with Crippen LogP contribution in [-0.4, -0.2) is 43.7 Å². The third kappa shape index (κ3) is 3.46. The third-order valence-electron chi connectivity index (χ3n) is 4.64. The Morgan fingerprint density at radius 3 is 2.60 bits per heavy atom. The molecule has 1 heterocycles. The molecule has 1 saturated carbocycles. The first-order valence-corrected chi connectivity index (χ1v) is 8.07. The summed E-state index contributed by atoms with van der Waals surface area (Å²) in [5.74, 6) is 0.822. The summed E-state index contributed by atoms with van der Waals surface area (Å²) in [7, 11) is 0. The Labute approximate surface area is 126 Å². The molecule has 2 fully saturated rings. The number of nitrogens with two attached hydrogens (primary N) is 1. The first-order chi connectivity index (χ1) is 9.70. The van der Waals surface area contributed by atoms with Crippen LogP contribution in [0.3, 0.4) is 0 Å². The second-order valence-corrected chi connectivity index (χ2v) is 6.64. The van der Waals surface area contributed by atoms with Crippen molar-refractivity contribution in [2.45, 2.75) is 25.3 Å². The van der Waals surface area contributed by atoms with Gasteiger partial charge in [0.05, 0.1) is 0 Å². The first kappa shape index (κ1) is 14.2. The number of hydrogen-bond donors (Lipinski definition) is 1. The van der Waals surface area contributed by atoms with Gasteiger partial charge in [-0.15, -0.1) is 0 Å². The highest BCUT2D eigenvalue weighted by molar-refractivity contribution is 6.30. The number of anilines is 1. The maximum Gasteiger partial charge on any atom is 0.0426 e. The highest BCUT2D eigenvalue weighted by Gasteiger charge is 2.25. The molecule has 0 amide bonds. The van der Waals surface area contributed by atoms with Gasteiger partial charge in [-0.1, -0.05) is 17.7 Å². The standard InChI is InChI=1S/C16H24ClN3/c17-14-2-1-3-16(11-14)20-8-6-19(7-9-20)12-13-4-5-15(18)10-13/h1-3,11,13,15H,4-10,12,18H2. The molecule has 1 aliphatic carbocycles. The topological polar surface area (TPSA) is 32.5 Å². The van der Waals surface area contributed by atoms with Crippen molar-refractivity contribution in [3.63, 3.8) is 0 Å². The van der Waals surface area contributed by atoms with Crippen molar-refractivity contribution in [2.75, 3.05) is 37.6 Å². The lowest BCUT2D eigenvalue weighted by Gasteiger charge is -2.37. The zero-order chi connectivity index (χ0) is 13.9. The number of nitrogens with zero attached hydrogens (tertiary/aromatic N) is 2. The van der Waals surface area contributed by atoms with Gasteiger partial charge in [0.2, 0.25) is 0 Å². The van der Waals surface area contributed by atoms with Crippen molar-refractivity contribution in [3.8, 4) is 0 Å². The Hall–Kier alpha value is -0.770. The predicted octanol–water partition coefficient (Wildman–Crippen LogP) is 2.59. The van der Waals surface area contributed by atoms with Crippen LogP contribution in [0, 0.1) is 5.92 Å². The Kier molecular flexibility index (Phi) is 4.49. The summed E-state index contributed by atoms with van der Waals surface area (Å²) in [6, 6.07) is 8.63. The van der Waals surface area contributed by atoms with Gasteiger partial charge in [0, 0.05) is 49.5 Å².